The lowest BCUT2D eigenvalue weighted by Crippen LogP contribution is -2.14. The molecule has 0 saturated heterocycles. The Morgan fingerprint density at radius 3 is 2.67 bits per heavy atom. The zero-order valence-electron chi connectivity index (χ0n) is 14.1. The number of benzene rings is 1. The summed E-state index contributed by atoms with van der Waals surface area (Å²) in [6.07, 6.45) is 4.86. The number of carbonyl (C=O) groups is 2. The highest BCUT2D eigenvalue weighted by atomic mass is 79.9. The van der Waals surface area contributed by atoms with E-state index in [1.165, 1.54) is 23.1 Å². The molecule has 2 N–H and O–H groups in total. The van der Waals surface area contributed by atoms with Gasteiger partial charge in [-0.2, -0.15) is 10.2 Å². The SMILES string of the molecule is O=C(CCn1ccc(C(=O)O)n1)Nc1cnn(COc2ccc(Br)cc2)c1. The van der Waals surface area contributed by atoms with Crippen molar-refractivity contribution in [3.05, 3.63) is 59.1 Å². The van der Waals surface area contributed by atoms with Crippen molar-refractivity contribution in [3.63, 3.8) is 0 Å². The lowest BCUT2D eigenvalue weighted by atomic mass is 10.3. The Hall–Kier alpha value is -3.14. The average Bonchev–Trinajstić information content (AvgIpc) is 3.29. The molecule has 0 fully saturated rings. The van der Waals surface area contributed by atoms with E-state index in [2.05, 4.69) is 31.4 Å². The molecule has 9 nitrogen and oxygen atoms in total. The van der Waals surface area contributed by atoms with Crippen LogP contribution in [0, 0.1) is 0 Å². The van der Waals surface area contributed by atoms with Crippen LogP contribution in [-0.2, 0) is 18.1 Å². The molecule has 2 aromatic heterocycles. The number of amides is 1. The van der Waals surface area contributed by atoms with Crippen molar-refractivity contribution in [1.29, 1.82) is 0 Å². The van der Waals surface area contributed by atoms with Gasteiger partial charge in [-0.1, -0.05) is 15.9 Å². The summed E-state index contributed by atoms with van der Waals surface area (Å²) in [4.78, 5) is 22.8. The van der Waals surface area contributed by atoms with Crippen LogP contribution in [0.25, 0.3) is 0 Å². The number of carboxylic acids is 1. The lowest BCUT2D eigenvalue weighted by molar-refractivity contribution is -0.116. The Labute approximate surface area is 162 Å². The first kappa shape index (κ1) is 18.6. The Morgan fingerprint density at radius 2 is 1.96 bits per heavy atom. The third-order valence-corrected chi connectivity index (χ3v) is 4.05. The van der Waals surface area contributed by atoms with Crippen molar-refractivity contribution in [2.45, 2.75) is 19.7 Å². The van der Waals surface area contributed by atoms with Gasteiger partial charge in [0.05, 0.1) is 18.1 Å². The minimum atomic E-state index is -1.10. The molecule has 10 heteroatoms. The van der Waals surface area contributed by atoms with Crippen molar-refractivity contribution < 1.29 is 19.4 Å². The van der Waals surface area contributed by atoms with Crippen LogP contribution >= 0.6 is 15.9 Å². The predicted octanol–water partition coefficient (Wildman–Crippen LogP) is 2.61. The number of halogens is 1. The van der Waals surface area contributed by atoms with E-state index < -0.39 is 5.97 Å². The van der Waals surface area contributed by atoms with E-state index in [-0.39, 0.29) is 31.3 Å². The van der Waals surface area contributed by atoms with E-state index >= 15 is 0 Å². The molecule has 0 radical (unpaired) electrons. The number of ether oxygens (including phenoxy) is 1. The monoisotopic (exact) mass is 433 g/mol. The summed E-state index contributed by atoms with van der Waals surface area (Å²) in [6.45, 7) is 0.489. The summed E-state index contributed by atoms with van der Waals surface area (Å²) in [7, 11) is 0. The fourth-order valence-electron chi connectivity index (χ4n) is 2.21. The van der Waals surface area contributed by atoms with Crippen molar-refractivity contribution in [2.75, 3.05) is 5.32 Å². The molecule has 140 valence electrons. The topological polar surface area (TPSA) is 111 Å². The van der Waals surface area contributed by atoms with Gasteiger partial charge in [-0.15, -0.1) is 0 Å². The Morgan fingerprint density at radius 1 is 1.19 bits per heavy atom. The predicted molar refractivity (Wildman–Crippen MR) is 99.4 cm³/mol. The van der Waals surface area contributed by atoms with Gasteiger partial charge in [-0.05, 0) is 30.3 Å². The molecule has 0 saturated carbocycles. The van der Waals surface area contributed by atoms with Crippen LogP contribution in [0.3, 0.4) is 0 Å². The standard InChI is InChI=1S/C17H16BrN5O4/c18-12-1-3-14(4-2-12)27-11-23-10-13(9-19-23)20-16(24)6-8-22-7-5-15(21-22)17(25)26/h1-5,7,9-10H,6,8,11H2,(H,20,24)(H,25,26). The summed E-state index contributed by atoms with van der Waals surface area (Å²) in [5.74, 6) is -0.619. The molecule has 3 rings (SSSR count). The molecule has 3 aromatic rings. The van der Waals surface area contributed by atoms with Crippen molar-refractivity contribution in [2.24, 2.45) is 0 Å². The van der Waals surface area contributed by atoms with Crippen LogP contribution < -0.4 is 10.1 Å². The summed E-state index contributed by atoms with van der Waals surface area (Å²) in [6, 6.07) is 8.81. The highest BCUT2D eigenvalue weighted by Gasteiger charge is 2.09. The number of aromatic nitrogens is 4. The van der Waals surface area contributed by atoms with E-state index in [1.807, 2.05) is 24.3 Å². The number of aryl methyl sites for hydroxylation is 1. The third-order valence-electron chi connectivity index (χ3n) is 3.52. The van der Waals surface area contributed by atoms with Crippen LogP contribution in [0.5, 0.6) is 5.75 Å². The van der Waals surface area contributed by atoms with Gasteiger partial charge in [0.1, 0.15) is 5.75 Å². The van der Waals surface area contributed by atoms with E-state index in [0.717, 1.165) is 4.47 Å². The van der Waals surface area contributed by atoms with E-state index in [0.29, 0.717) is 11.4 Å². The molecule has 1 aromatic carbocycles. The maximum Gasteiger partial charge on any atom is 0.356 e. The first-order valence-corrected chi connectivity index (χ1v) is 8.76. The van der Waals surface area contributed by atoms with Crippen molar-refractivity contribution in [1.82, 2.24) is 19.6 Å². The molecule has 0 unspecified atom stereocenters. The molecule has 0 aliphatic rings. The normalized spacial score (nSPS) is 10.6. The first-order chi connectivity index (χ1) is 13.0. The largest absolute Gasteiger partial charge is 0.476 e. The molecule has 27 heavy (non-hydrogen) atoms. The van der Waals surface area contributed by atoms with Gasteiger partial charge in [0, 0.05) is 23.6 Å². The molecule has 0 spiro atoms. The summed E-state index contributed by atoms with van der Waals surface area (Å²) >= 11 is 3.36. The van der Waals surface area contributed by atoms with Gasteiger partial charge in [0.15, 0.2) is 12.4 Å². The lowest BCUT2D eigenvalue weighted by Gasteiger charge is -2.06. The number of nitrogens with zero attached hydrogens (tertiary/aromatic N) is 4. The highest BCUT2D eigenvalue weighted by Crippen LogP contribution is 2.16. The summed E-state index contributed by atoms with van der Waals surface area (Å²) in [5.41, 5.74) is 0.494. The van der Waals surface area contributed by atoms with Gasteiger partial charge in [0.25, 0.3) is 0 Å². The number of aromatic carboxylic acids is 1. The Bertz CT molecular complexity index is 935. The van der Waals surface area contributed by atoms with E-state index in [4.69, 9.17) is 9.84 Å². The second-order valence-electron chi connectivity index (χ2n) is 5.56. The highest BCUT2D eigenvalue weighted by molar-refractivity contribution is 9.10. The van der Waals surface area contributed by atoms with E-state index in [1.54, 1.807) is 10.9 Å². The second-order valence-corrected chi connectivity index (χ2v) is 6.48. The molecular formula is C17H16BrN5O4. The number of carboxylic acid groups (broad SMARTS) is 1. The average molecular weight is 434 g/mol. The fourth-order valence-corrected chi connectivity index (χ4v) is 2.47. The van der Waals surface area contributed by atoms with E-state index in [9.17, 15) is 9.59 Å². The van der Waals surface area contributed by atoms with Crippen LogP contribution in [0.2, 0.25) is 0 Å². The quantitative estimate of drug-likeness (QED) is 0.564. The van der Waals surface area contributed by atoms with Crippen molar-refractivity contribution in [3.8, 4) is 5.75 Å². The fraction of sp³-hybridized carbons (Fsp3) is 0.176. The third kappa shape index (κ3) is 5.42. The molecule has 0 aliphatic heterocycles. The number of anilines is 1. The van der Waals surface area contributed by atoms with Gasteiger partial charge < -0.3 is 15.2 Å². The molecular weight excluding hydrogens is 418 g/mol. The van der Waals surface area contributed by atoms with Crippen molar-refractivity contribution >= 4 is 33.5 Å². The van der Waals surface area contributed by atoms with Gasteiger partial charge >= 0.3 is 5.97 Å². The molecule has 2 heterocycles. The van der Waals surface area contributed by atoms with Crippen LogP contribution in [0.1, 0.15) is 16.9 Å². The number of hydrogen-bond acceptors (Lipinski definition) is 5. The molecule has 0 bridgehead atoms. The van der Waals surface area contributed by atoms with Crippen LogP contribution in [0.4, 0.5) is 5.69 Å². The van der Waals surface area contributed by atoms with Crippen LogP contribution in [0.15, 0.2) is 53.4 Å². The van der Waals surface area contributed by atoms with Gasteiger partial charge in [-0.25, -0.2) is 9.48 Å². The summed E-state index contributed by atoms with van der Waals surface area (Å²) < 4.78 is 9.54. The molecule has 1 amide bonds. The zero-order valence-corrected chi connectivity index (χ0v) is 15.7. The second kappa shape index (κ2) is 8.49. The number of hydrogen-bond donors (Lipinski definition) is 2. The maximum absolute atomic E-state index is 12.0. The minimum Gasteiger partial charge on any atom is -0.476 e. The Kier molecular flexibility index (Phi) is 5.87. The molecule has 0 atom stereocenters. The smallest absolute Gasteiger partial charge is 0.356 e. The number of rotatable bonds is 8. The van der Waals surface area contributed by atoms with Gasteiger partial charge in [0.2, 0.25) is 5.91 Å². The zero-order chi connectivity index (χ0) is 19.2. The molecule has 0 aliphatic carbocycles. The Balaban J connectivity index is 1.45. The van der Waals surface area contributed by atoms with Gasteiger partial charge in [-0.3, -0.25) is 9.48 Å². The number of carbonyl (C=O) groups excluding carboxylic acids is 1. The summed E-state index contributed by atoms with van der Waals surface area (Å²) in [5, 5.41) is 19.5. The maximum atomic E-state index is 12.0. The minimum absolute atomic E-state index is 0.0533. The first-order valence-electron chi connectivity index (χ1n) is 7.97. The number of nitrogens with one attached hydrogen (secondary N) is 1. The van der Waals surface area contributed by atoms with Crippen LogP contribution in [-0.4, -0.2) is 36.5 Å².